The van der Waals surface area contributed by atoms with Crippen molar-refractivity contribution in [1.82, 2.24) is 4.57 Å². The first-order valence-corrected chi connectivity index (χ1v) is 8.36. The minimum Gasteiger partial charge on any atom is -0.488 e. The van der Waals surface area contributed by atoms with Gasteiger partial charge in [-0.25, -0.2) is 8.78 Å². The summed E-state index contributed by atoms with van der Waals surface area (Å²) in [7, 11) is 0. The van der Waals surface area contributed by atoms with Crippen LogP contribution in [0, 0.1) is 17.6 Å². The number of ether oxygens (including phenoxy) is 1. The minimum absolute atomic E-state index is 0.0841. The van der Waals surface area contributed by atoms with Crippen molar-refractivity contribution in [2.24, 2.45) is 5.92 Å². The van der Waals surface area contributed by atoms with Gasteiger partial charge in [0.25, 0.3) is 0 Å². The molecule has 1 N–H and O–H groups in total. The van der Waals surface area contributed by atoms with Crippen molar-refractivity contribution < 1.29 is 23.4 Å². The highest BCUT2D eigenvalue weighted by atomic mass is 35.5. The van der Waals surface area contributed by atoms with Gasteiger partial charge in [-0.3, -0.25) is 0 Å². The molecule has 7 heteroatoms. The molecule has 0 aliphatic heterocycles. The third kappa shape index (κ3) is 3.71. The first kappa shape index (κ1) is 18.4. The molecule has 0 fully saturated rings. The number of benzene rings is 2. The average molecular weight is 380 g/mol. The lowest BCUT2D eigenvalue weighted by Crippen LogP contribution is -2.13. The topological polar surface area (TPSA) is 51.5 Å². The van der Waals surface area contributed by atoms with E-state index in [9.17, 15) is 13.6 Å². The van der Waals surface area contributed by atoms with Gasteiger partial charge in [0.15, 0.2) is 17.4 Å². The second-order valence-corrected chi connectivity index (χ2v) is 6.28. The van der Waals surface area contributed by atoms with Crippen LogP contribution in [0.2, 0.25) is 5.02 Å². The van der Waals surface area contributed by atoms with Gasteiger partial charge >= 0.3 is 0 Å². The summed E-state index contributed by atoms with van der Waals surface area (Å²) in [6, 6.07) is 9.43. The quantitative estimate of drug-likeness (QED) is 0.628. The van der Waals surface area contributed by atoms with Gasteiger partial charge in [-0.1, -0.05) is 17.7 Å². The van der Waals surface area contributed by atoms with Crippen molar-refractivity contribution >= 4 is 28.8 Å². The van der Waals surface area contributed by atoms with Crippen LogP contribution >= 0.6 is 11.6 Å². The van der Waals surface area contributed by atoms with E-state index < -0.39 is 23.3 Å². The number of hydrogen-bond donors (Lipinski definition) is 1. The number of hydrogen-bond acceptors (Lipinski definition) is 3. The summed E-state index contributed by atoms with van der Waals surface area (Å²) >= 11 is 6.01. The Hall–Kier alpha value is -2.44. The molecule has 0 saturated heterocycles. The second-order valence-electron chi connectivity index (χ2n) is 5.84. The number of fused-ring (bicyclic) bond motifs is 1. The Morgan fingerprint density at radius 1 is 1.19 bits per heavy atom. The number of halogens is 3. The number of aromatic nitrogens is 1. The average Bonchev–Trinajstić information content (AvgIpc) is 3.03. The molecular weight excluding hydrogens is 364 g/mol. The third-order valence-corrected chi connectivity index (χ3v) is 4.31. The molecule has 26 heavy (non-hydrogen) atoms. The number of rotatable bonds is 7. The van der Waals surface area contributed by atoms with Crippen molar-refractivity contribution in [2.45, 2.75) is 6.42 Å². The molecule has 4 nitrogen and oxygen atoms in total. The molecule has 0 spiro atoms. The lowest BCUT2D eigenvalue weighted by Gasteiger charge is -2.13. The van der Waals surface area contributed by atoms with Crippen molar-refractivity contribution in [1.29, 1.82) is 0 Å². The number of aldehydes is 1. The molecule has 0 aliphatic rings. The summed E-state index contributed by atoms with van der Waals surface area (Å²) < 4.78 is 35.5. The zero-order valence-electron chi connectivity index (χ0n) is 13.7. The fourth-order valence-corrected chi connectivity index (χ4v) is 2.83. The van der Waals surface area contributed by atoms with Crippen LogP contribution in [0.1, 0.15) is 6.42 Å². The van der Waals surface area contributed by atoms with Crippen LogP contribution in [0.25, 0.3) is 16.6 Å². The predicted molar refractivity (Wildman–Crippen MR) is 95.0 cm³/mol. The van der Waals surface area contributed by atoms with Gasteiger partial charge in [-0.15, -0.1) is 0 Å². The van der Waals surface area contributed by atoms with Gasteiger partial charge in [0, 0.05) is 34.7 Å². The summed E-state index contributed by atoms with van der Waals surface area (Å²) in [5.74, 6) is -2.83. The molecule has 0 bridgehead atoms. The maximum absolute atomic E-state index is 14.3. The summed E-state index contributed by atoms with van der Waals surface area (Å²) in [6.45, 7) is -0.417. The zero-order chi connectivity index (χ0) is 18.7. The van der Waals surface area contributed by atoms with E-state index >= 15 is 0 Å². The van der Waals surface area contributed by atoms with Crippen LogP contribution in [-0.4, -0.2) is 29.2 Å². The third-order valence-electron chi connectivity index (χ3n) is 4.08. The van der Waals surface area contributed by atoms with E-state index in [4.69, 9.17) is 21.4 Å². The van der Waals surface area contributed by atoms with E-state index in [0.717, 1.165) is 10.9 Å². The molecule has 3 rings (SSSR count). The lowest BCUT2D eigenvalue weighted by atomic mass is 10.1. The maximum atomic E-state index is 14.3. The summed E-state index contributed by atoms with van der Waals surface area (Å²) in [5, 5.41) is 10.3. The van der Waals surface area contributed by atoms with Gasteiger partial charge in [0.2, 0.25) is 0 Å². The van der Waals surface area contributed by atoms with Gasteiger partial charge < -0.3 is 19.2 Å². The number of carbonyl (C=O) groups excluding carboxylic acids is 1. The van der Waals surface area contributed by atoms with Crippen molar-refractivity contribution in [3.63, 3.8) is 0 Å². The highest BCUT2D eigenvalue weighted by Gasteiger charge is 2.16. The fourth-order valence-electron chi connectivity index (χ4n) is 2.66. The van der Waals surface area contributed by atoms with Gasteiger partial charge in [0.1, 0.15) is 6.29 Å². The SMILES string of the molecule is O=CC(CO)CCOc1c(F)cc(-n2ccc3ccc(Cl)cc32)cc1F. The molecule has 1 unspecified atom stereocenters. The van der Waals surface area contributed by atoms with Gasteiger partial charge in [-0.05, 0) is 24.6 Å². The molecule has 1 aromatic heterocycles. The van der Waals surface area contributed by atoms with Crippen LogP contribution in [0.5, 0.6) is 5.75 Å². The molecule has 1 atom stereocenters. The molecule has 0 saturated carbocycles. The highest BCUT2D eigenvalue weighted by molar-refractivity contribution is 6.31. The molecule has 136 valence electrons. The van der Waals surface area contributed by atoms with Gasteiger partial charge in [-0.2, -0.15) is 0 Å². The van der Waals surface area contributed by atoms with Crippen LogP contribution in [0.4, 0.5) is 8.78 Å². The smallest absolute Gasteiger partial charge is 0.190 e. The minimum atomic E-state index is -0.851. The number of nitrogens with zero attached hydrogens (tertiary/aromatic N) is 1. The van der Waals surface area contributed by atoms with Crippen LogP contribution < -0.4 is 4.74 Å². The van der Waals surface area contributed by atoms with Crippen molar-refractivity contribution in [3.05, 3.63) is 59.3 Å². The highest BCUT2D eigenvalue weighted by Crippen LogP contribution is 2.29. The Labute approximate surface area is 153 Å². The molecular formula is C19H16ClF2NO3. The molecule has 0 aliphatic carbocycles. The van der Waals surface area contributed by atoms with Crippen molar-refractivity contribution in [2.75, 3.05) is 13.2 Å². The van der Waals surface area contributed by atoms with E-state index in [1.165, 1.54) is 12.1 Å². The first-order valence-electron chi connectivity index (χ1n) is 7.98. The second kappa shape index (κ2) is 7.85. The zero-order valence-corrected chi connectivity index (χ0v) is 14.4. The molecule has 1 heterocycles. The lowest BCUT2D eigenvalue weighted by molar-refractivity contribution is -0.112. The Morgan fingerprint density at radius 2 is 1.92 bits per heavy atom. The fraction of sp³-hybridized carbons (Fsp3) is 0.211. The first-order chi connectivity index (χ1) is 12.5. The van der Waals surface area contributed by atoms with E-state index in [2.05, 4.69) is 0 Å². The van der Waals surface area contributed by atoms with Crippen LogP contribution in [-0.2, 0) is 4.79 Å². The van der Waals surface area contributed by atoms with E-state index in [1.807, 2.05) is 12.1 Å². The van der Waals surface area contributed by atoms with E-state index in [-0.39, 0.29) is 19.6 Å². The molecule has 3 aromatic rings. The van der Waals surface area contributed by atoms with Crippen LogP contribution in [0.3, 0.4) is 0 Å². The standard InChI is InChI=1S/C19H16ClF2NO3/c20-14-2-1-13-3-5-23(18(13)7-14)15-8-16(21)19(17(22)9-15)26-6-4-12(10-24)11-25/h1-3,5,7-10,12,25H,4,6,11H2. The number of aliphatic hydroxyl groups is 1. The Balaban J connectivity index is 1.87. The van der Waals surface area contributed by atoms with E-state index in [0.29, 0.717) is 17.0 Å². The Bertz CT molecular complexity index is 919. The predicted octanol–water partition coefficient (Wildman–Crippen LogP) is 4.14. The largest absolute Gasteiger partial charge is 0.488 e. The molecule has 2 aromatic carbocycles. The number of carbonyl (C=O) groups is 1. The number of aliphatic hydroxyl groups excluding tert-OH is 1. The van der Waals surface area contributed by atoms with Gasteiger partial charge in [0.05, 0.1) is 24.4 Å². The Kier molecular flexibility index (Phi) is 5.54. The van der Waals surface area contributed by atoms with Crippen LogP contribution in [0.15, 0.2) is 42.6 Å². The summed E-state index contributed by atoms with van der Waals surface area (Å²) in [6.07, 6.45) is 2.45. The molecule has 0 amide bonds. The Morgan fingerprint density at radius 3 is 2.58 bits per heavy atom. The summed E-state index contributed by atoms with van der Waals surface area (Å²) in [4.78, 5) is 10.6. The summed E-state index contributed by atoms with van der Waals surface area (Å²) in [5.41, 5.74) is 1.02. The van der Waals surface area contributed by atoms with Crippen molar-refractivity contribution in [3.8, 4) is 11.4 Å². The molecule has 0 radical (unpaired) electrons. The monoisotopic (exact) mass is 379 g/mol. The normalized spacial score (nSPS) is 12.3. The van der Waals surface area contributed by atoms with E-state index in [1.54, 1.807) is 22.9 Å². The maximum Gasteiger partial charge on any atom is 0.190 e.